The summed E-state index contributed by atoms with van der Waals surface area (Å²) < 4.78 is 5.40. The Morgan fingerprint density at radius 3 is 2.46 bits per heavy atom. The van der Waals surface area contributed by atoms with E-state index in [1.165, 1.54) is 5.56 Å². The highest BCUT2D eigenvalue weighted by atomic mass is 35.5. The Balaban J connectivity index is 1.66. The summed E-state index contributed by atoms with van der Waals surface area (Å²) in [6, 6.07) is 15.3. The van der Waals surface area contributed by atoms with Crippen LogP contribution in [0.15, 0.2) is 48.5 Å². The molecule has 0 radical (unpaired) electrons. The predicted octanol–water partition coefficient (Wildman–Crippen LogP) is 3.99. The number of hydrogen-bond donors (Lipinski definition) is 1. The first-order valence-corrected chi connectivity index (χ1v) is 8.50. The number of morpholine rings is 1. The van der Waals surface area contributed by atoms with Crippen molar-refractivity contribution < 1.29 is 9.53 Å². The quantitative estimate of drug-likeness (QED) is 0.912. The van der Waals surface area contributed by atoms with E-state index in [1.807, 2.05) is 12.1 Å². The Hall–Kier alpha value is -1.88. The van der Waals surface area contributed by atoms with Crippen LogP contribution in [0.5, 0.6) is 0 Å². The summed E-state index contributed by atoms with van der Waals surface area (Å²) >= 11 is 6.06. The zero-order chi connectivity index (χ0) is 16.9. The van der Waals surface area contributed by atoms with Crippen molar-refractivity contribution in [3.63, 3.8) is 0 Å². The molecule has 0 bridgehead atoms. The molecule has 24 heavy (non-hydrogen) atoms. The maximum atomic E-state index is 12.3. The molecule has 0 aliphatic carbocycles. The van der Waals surface area contributed by atoms with Gasteiger partial charge in [-0.05, 0) is 36.8 Å². The van der Waals surface area contributed by atoms with Gasteiger partial charge in [0.15, 0.2) is 0 Å². The maximum absolute atomic E-state index is 12.3. The smallest absolute Gasteiger partial charge is 0.257 e. The van der Waals surface area contributed by atoms with Crippen molar-refractivity contribution in [1.82, 2.24) is 4.90 Å². The third-order valence-electron chi connectivity index (χ3n) is 4.36. The molecular formula is C19H21ClN2O2. The topological polar surface area (TPSA) is 41.6 Å². The molecule has 1 heterocycles. The van der Waals surface area contributed by atoms with Crippen LogP contribution in [-0.4, -0.2) is 37.1 Å². The Kier molecular flexibility index (Phi) is 5.51. The number of ether oxygens (including phenoxy) is 1. The van der Waals surface area contributed by atoms with Gasteiger partial charge in [-0.15, -0.1) is 0 Å². The molecule has 0 aromatic heterocycles. The summed E-state index contributed by atoms with van der Waals surface area (Å²) in [7, 11) is 0. The van der Waals surface area contributed by atoms with E-state index < -0.39 is 0 Å². The summed E-state index contributed by atoms with van der Waals surface area (Å²) in [5.74, 6) is -0.199. The van der Waals surface area contributed by atoms with Gasteiger partial charge in [0.2, 0.25) is 0 Å². The Morgan fingerprint density at radius 2 is 1.79 bits per heavy atom. The van der Waals surface area contributed by atoms with E-state index >= 15 is 0 Å². The zero-order valence-electron chi connectivity index (χ0n) is 13.7. The third kappa shape index (κ3) is 3.96. The van der Waals surface area contributed by atoms with Gasteiger partial charge in [-0.2, -0.15) is 0 Å². The predicted molar refractivity (Wildman–Crippen MR) is 96.7 cm³/mol. The molecule has 3 rings (SSSR count). The van der Waals surface area contributed by atoms with E-state index in [0.717, 1.165) is 32.0 Å². The summed E-state index contributed by atoms with van der Waals surface area (Å²) in [6.45, 7) is 5.67. The van der Waals surface area contributed by atoms with E-state index in [-0.39, 0.29) is 5.91 Å². The monoisotopic (exact) mass is 344 g/mol. The molecular weight excluding hydrogens is 324 g/mol. The summed E-state index contributed by atoms with van der Waals surface area (Å²) in [5.41, 5.74) is 2.47. The number of hydrogen-bond acceptors (Lipinski definition) is 3. The van der Waals surface area contributed by atoms with Gasteiger partial charge in [0.05, 0.1) is 23.8 Å². The molecule has 0 spiro atoms. The second-order valence-electron chi connectivity index (χ2n) is 5.88. The highest BCUT2D eigenvalue weighted by molar-refractivity contribution is 6.34. The largest absolute Gasteiger partial charge is 0.379 e. The van der Waals surface area contributed by atoms with E-state index in [1.54, 1.807) is 24.3 Å². The minimum Gasteiger partial charge on any atom is -0.379 e. The number of halogens is 1. The van der Waals surface area contributed by atoms with Gasteiger partial charge < -0.3 is 10.1 Å². The van der Waals surface area contributed by atoms with Crippen LogP contribution in [0.4, 0.5) is 5.69 Å². The second kappa shape index (κ2) is 7.79. The van der Waals surface area contributed by atoms with Crippen molar-refractivity contribution in [2.75, 3.05) is 31.6 Å². The molecule has 126 valence electrons. The SMILES string of the molecule is C[C@H](c1ccc(NC(=O)c2ccccc2Cl)cc1)N1CCOCC1. The van der Waals surface area contributed by atoms with Crippen molar-refractivity contribution in [2.24, 2.45) is 0 Å². The molecule has 1 atom stereocenters. The zero-order valence-corrected chi connectivity index (χ0v) is 14.4. The highest BCUT2D eigenvalue weighted by Gasteiger charge is 2.18. The van der Waals surface area contributed by atoms with Crippen molar-refractivity contribution in [2.45, 2.75) is 13.0 Å². The lowest BCUT2D eigenvalue weighted by Gasteiger charge is -2.32. The molecule has 0 saturated carbocycles. The van der Waals surface area contributed by atoms with Gasteiger partial charge >= 0.3 is 0 Å². The maximum Gasteiger partial charge on any atom is 0.257 e. The van der Waals surface area contributed by atoms with Gasteiger partial charge in [0.25, 0.3) is 5.91 Å². The number of nitrogens with one attached hydrogen (secondary N) is 1. The number of anilines is 1. The molecule has 2 aromatic carbocycles. The number of rotatable bonds is 4. The Morgan fingerprint density at radius 1 is 1.12 bits per heavy atom. The van der Waals surface area contributed by atoms with Crippen LogP contribution in [0.1, 0.15) is 28.9 Å². The lowest BCUT2D eigenvalue weighted by Crippen LogP contribution is -2.37. The number of amides is 1. The number of carbonyl (C=O) groups excluding carboxylic acids is 1. The fourth-order valence-electron chi connectivity index (χ4n) is 2.86. The van der Waals surface area contributed by atoms with E-state index in [9.17, 15) is 4.79 Å². The first kappa shape index (κ1) is 17.0. The molecule has 2 aromatic rings. The summed E-state index contributed by atoms with van der Waals surface area (Å²) in [4.78, 5) is 14.7. The van der Waals surface area contributed by atoms with Gasteiger partial charge in [0.1, 0.15) is 0 Å². The van der Waals surface area contributed by atoms with E-state index in [0.29, 0.717) is 16.6 Å². The van der Waals surface area contributed by atoms with Crippen LogP contribution in [-0.2, 0) is 4.74 Å². The number of benzene rings is 2. The van der Waals surface area contributed by atoms with Gasteiger partial charge in [-0.1, -0.05) is 35.9 Å². The molecule has 1 saturated heterocycles. The average molecular weight is 345 g/mol. The lowest BCUT2D eigenvalue weighted by molar-refractivity contribution is 0.0198. The van der Waals surface area contributed by atoms with Crippen LogP contribution >= 0.6 is 11.6 Å². The molecule has 1 aliphatic rings. The molecule has 1 amide bonds. The standard InChI is InChI=1S/C19H21ClN2O2/c1-14(22-10-12-24-13-11-22)15-6-8-16(9-7-15)21-19(23)17-4-2-3-5-18(17)20/h2-9,14H,10-13H2,1H3,(H,21,23)/t14-/m1/s1. The van der Waals surface area contributed by atoms with Crippen molar-refractivity contribution >= 4 is 23.2 Å². The molecule has 0 unspecified atom stereocenters. The Labute approximate surface area is 147 Å². The lowest BCUT2D eigenvalue weighted by atomic mass is 10.1. The van der Waals surface area contributed by atoms with E-state index in [4.69, 9.17) is 16.3 Å². The summed E-state index contributed by atoms with van der Waals surface area (Å²) in [5, 5.41) is 3.34. The fraction of sp³-hybridized carbons (Fsp3) is 0.316. The molecule has 5 heteroatoms. The number of carbonyl (C=O) groups is 1. The normalized spacial score (nSPS) is 16.6. The average Bonchev–Trinajstić information content (AvgIpc) is 2.63. The van der Waals surface area contributed by atoms with Crippen LogP contribution in [0.25, 0.3) is 0 Å². The Bertz CT molecular complexity index is 697. The van der Waals surface area contributed by atoms with Gasteiger partial charge in [0, 0.05) is 24.8 Å². The first-order valence-electron chi connectivity index (χ1n) is 8.13. The first-order chi connectivity index (χ1) is 11.6. The van der Waals surface area contributed by atoms with Crippen LogP contribution < -0.4 is 5.32 Å². The van der Waals surface area contributed by atoms with Crippen LogP contribution in [0, 0.1) is 0 Å². The van der Waals surface area contributed by atoms with Crippen LogP contribution in [0.2, 0.25) is 5.02 Å². The third-order valence-corrected chi connectivity index (χ3v) is 4.69. The van der Waals surface area contributed by atoms with Crippen molar-refractivity contribution in [3.05, 3.63) is 64.7 Å². The van der Waals surface area contributed by atoms with Crippen molar-refractivity contribution in [3.8, 4) is 0 Å². The van der Waals surface area contributed by atoms with E-state index in [2.05, 4.69) is 29.3 Å². The van der Waals surface area contributed by atoms with Crippen molar-refractivity contribution in [1.29, 1.82) is 0 Å². The van der Waals surface area contributed by atoms with Crippen LogP contribution in [0.3, 0.4) is 0 Å². The molecule has 1 fully saturated rings. The van der Waals surface area contributed by atoms with Gasteiger partial charge in [-0.25, -0.2) is 0 Å². The minimum absolute atomic E-state index is 0.199. The molecule has 1 N–H and O–H groups in total. The van der Waals surface area contributed by atoms with Gasteiger partial charge in [-0.3, -0.25) is 9.69 Å². The fourth-order valence-corrected chi connectivity index (χ4v) is 3.09. The number of nitrogens with zero attached hydrogens (tertiary/aromatic N) is 1. The minimum atomic E-state index is -0.199. The second-order valence-corrected chi connectivity index (χ2v) is 6.29. The highest BCUT2D eigenvalue weighted by Crippen LogP contribution is 2.23. The summed E-state index contributed by atoms with van der Waals surface area (Å²) in [6.07, 6.45) is 0. The molecule has 4 nitrogen and oxygen atoms in total. The molecule has 1 aliphatic heterocycles.